The number of hydrogen-bond donors (Lipinski definition) is 2. The van der Waals surface area contributed by atoms with Crippen LogP contribution in [0, 0.1) is 0 Å². The Hall–Kier alpha value is -2.50. The summed E-state index contributed by atoms with van der Waals surface area (Å²) in [6, 6.07) is 5.96. The number of benzene rings is 1. The molecule has 1 rings (SSSR count). The highest BCUT2D eigenvalue weighted by Crippen LogP contribution is 2.29. The summed E-state index contributed by atoms with van der Waals surface area (Å²) in [4.78, 5) is 24.9. The molecule has 0 aliphatic rings. The van der Waals surface area contributed by atoms with Gasteiger partial charge in [0.2, 0.25) is 0 Å². The Morgan fingerprint density at radius 3 is 2.29 bits per heavy atom. The molecule has 0 fully saturated rings. The molecule has 6 nitrogen and oxygen atoms in total. The Labute approximate surface area is 142 Å². The standard InChI is InChI=1S/C18H25NO5/c1-6-12-18(15(21)23-7-2,13-8-10-14(20)11-9-13)19-16(22)24-17(3,4)5/h6,8-11,20H,1,7,12H2,2-5H3,(H,19,22)/t18-/m1/s1. The Morgan fingerprint density at radius 1 is 1.25 bits per heavy atom. The highest BCUT2D eigenvalue weighted by Gasteiger charge is 2.43. The lowest BCUT2D eigenvalue weighted by Crippen LogP contribution is -2.53. The molecule has 0 aliphatic heterocycles. The number of aromatic hydroxyl groups is 1. The fraction of sp³-hybridized carbons (Fsp3) is 0.444. The highest BCUT2D eigenvalue weighted by molar-refractivity contribution is 5.87. The molecule has 0 heterocycles. The average Bonchev–Trinajstić information content (AvgIpc) is 2.45. The van der Waals surface area contributed by atoms with E-state index >= 15 is 0 Å². The van der Waals surface area contributed by atoms with Crippen LogP contribution in [0.25, 0.3) is 0 Å². The molecule has 1 amide bonds. The van der Waals surface area contributed by atoms with Gasteiger partial charge in [-0.2, -0.15) is 0 Å². The predicted molar refractivity (Wildman–Crippen MR) is 90.6 cm³/mol. The van der Waals surface area contributed by atoms with Gasteiger partial charge in [0.25, 0.3) is 0 Å². The molecule has 24 heavy (non-hydrogen) atoms. The first kappa shape index (κ1) is 19.5. The van der Waals surface area contributed by atoms with Crippen LogP contribution in [0.3, 0.4) is 0 Å². The average molecular weight is 335 g/mol. The van der Waals surface area contributed by atoms with Gasteiger partial charge in [-0.1, -0.05) is 18.2 Å². The van der Waals surface area contributed by atoms with Crippen molar-refractivity contribution in [2.45, 2.75) is 45.3 Å². The number of phenolic OH excluding ortho intramolecular Hbond substituents is 1. The van der Waals surface area contributed by atoms with Crippen molar-refractivity contribution in [3.8, 4) is 5.75 Å². The van der Waals surface area contributed by atoms with Crippen LogP contribution in [0.2, 0.25) is 0 Å². The van der Waals surface area contributed by atoms with E-state index in [-0.39, 0.29) is 18.8 Å². The Balaban J connectivity index is 3.30. The molecule has 6 heteroatoms. The second-order valence-electron chi connectivity index (χ2n) is 6.29. The Bertz CT molecular complexity index is 588. The Kier molecular flexibility index (Phi) is 6.40. The summed E-state index contributed by atoms with van der Waals surface area (Å²) in [6.07, 6.45) is 0.877. The first-order chi connectivity index (χ1) is 11.1. The summed E-state index contributed by atoms with van der Waals surface area (Å²) >= 11 is 0. The number of carbonyl (C=O) groups excluding carboxylic acids is 2. The van der Waals surface area contributed by atoms with Crippen LogP contribution in [0.4, 0.5) is 4.79 Å². The zero-order valence-corrected chi connectivity index (χ0v) is 14.6. The van der Waals surface area contributed by atoms with E-state index in [1.807, 2.05) is 0 Å². The SMILES string of the molecule is C=CC[C@](NC(=O)OC(C)(C)C)(C(=O)OCC)c1ccc(O)cc1. The molecule has 0 aliphatic carbocycles. The summed E-state index contributed by atoms with van der Waals surface area (Å²) in [6.45, 7) is 10.7. The maximum absolute atomic E-state index is 12.6. The lowest BCUT2D eigenvalue weighted by molar-refractivity contribution is -0.151. The first-order valence-corrected chi connectivity index (χ1v) is 7.73. The summed E-state index contributed by atoms with van der Waals surface area (Å²) < 4.78 is 10.4. The van der Waals surface area contributed by atoms with Crippen molar-refractivity contribution >= 4 is 12.1 Å². The van der Waals surface area contributed by atoms with E-state index in [9.17, 15) is 14.7 Å². The molecule has 0 saturated carbocycles. The minimum atomic E-state index is -1.48. The van der Waals surface area contributed by atoms with E-state index in [2.05, 4.69) is 11.9 Å². The van der Waals surface area contributed by atoms with Crippen molar-refractivity contribution in [3.63, 3.8) is 0 Å². The number of hydrogen-bond acceptors (Lipinski definition) is 5. The molecule has 1 aromatic carbocycles. The monoisotopic (exact) mass is 335 g/mol. The Morgan fingerprint density at radius 2 is 1.83 bits per heavy atom. The van der Waals surface area contributed by atoms with Crippen LogP contribution in [0.15, 0.2) is 36.9 Å². The van der Waals surface area contributed by atoms with E-state index in [1.165, 1.54) is 18.2 Å². The number of rotatable bonds is 6. The quantitative estimate of drug-likeness (QED) is 0.616. The van der Waals surface area contributed by atoms with Crippen LogP contribution < -0.4 is 5.32 Å². The lowest BCUT2D eigenvalue weighted by Gasteiger charge is -2.33. The normalized spacial score (nSPS) is 13.5. The van der Waals surface area contributed by atoms with Gasteiger partial charge in [-0.05, 0) is 45.4 Å². The van der Waals surface area contributed by atoms with E-state index in [0.29, 0.717) is 5.56 Å². The topological polar surface area (TPSA) is 84.9 Å². The number of esters is 1. The van der Waals surface area contributed by atoms with Gasteiger partial charge in [-0.15, -0.1) is 6.58 Å². The molecular weight excluding hydrogens is 310 g/mol. The molecule has 1 aromatic rings. The third-order valence-electron chi connectivity index (χ3n) is 3.15. The number of amides is 1. The van der Waals surface area contributed by atoms with Gasteiger partial charge in [0.15, 0.2) is 5.54 Å². The summed E-state index contributed by atoms with van der Waals surface area (Å²) in [5.74, 6) is -0.575. The van der Waals surface area contributed by atoms with Crippen molar-refractivity contribution in [3.05, 3.63) is 42.5 Å². The van der Waals surface area contributed by atoms with E-state index in [0.717, 1.165) is 0 Å². The molecule has 0 unspecified atom stereocenters. The number of nitrogens with one attached hydrogen (secondary N) is 1. The minimum absolute atomic E-state index is 0.0485. The second kappa shape index (κ2) is 7.86. The fourth-order valence-corrected chi connectivity index (χ4v) is 2.19. The van der Waals surface area contributed by atoms with E-state index in [4.69, 9.17) is 9.47 Å². The van der Waals surface area contributed by atoms with Crippen LogP contribution in [-0.2, 0) is 19.8 Å². The van der Waals surface area contributed by atoms with Crippen molar-refractivity contribution < 1.29 is 24.2 Å². The van der Waals surface area contributed by atoms with Crippen molar-refractivity contribution in [2.24, 2.45) is 0 Å². The fourth-order valence-electron chi connectivity index (χ4n) is 2.19. The zero-order valence-electron chi connectivity index (χ0n) is 14.6. The van der Waals surface area contributed by atoms with Crippen LogP contribution in [0.1, 0.15) is 39.7 Å². The van der Waals surface area contributed by atoms with E-state index < -0.39 is 23.2 Å². The molecule has 0 aromatic heterocycles. The minimum Gasteiger partial charge on any atom is -0.508 e. The first-order valence-electron chi connectivity index (χ1n) is 7.73. The molecular formula is C18H25NO5. The van der Waals surface area contributed by atoms with Crippen molar-refractivity contribution in [2.75, 3.05) is 6.61 Å². The van der Waals surface area contributed by atoms with Gasteiger partial charge in [0.1, 0.15) is 11.4 Å². The number of phenols is 1. The maximum atomic E-state index is 12.6. The van der Waals surface area contributed by atoms with Crippen LogP contribution >= 0.6 is 0 Å². The molecule has 0 saturated heterocycles. The molecule has 0 bridgehead atoms. The smallest absolute Gasteiger partial charge is 0.408 e. The molecule has 2 N–H and O–H groups in total. The molecule has 132 valence electrons. The largest absolute Gasteiger partial charge is 0.508 e. The number of ether oxygens (including phenoxy) is 2. The molecule has 0 radical (unpaired) electrons. The van der Waals surface area contributed by atoms with Gasteiger partial charge >= 0.3 is 12.1 Å². The molecule has 1 atom stereocenters. The summed E-state index contributed by atoms with van der Waals surface area (Å²) in [7, 11) is 0. The van der Waals surface area contributed by atoms with Crippen molar-refractivity contribution in [1.29, 1.82) is 0 Å². The van der Waals surface area contributed by atoms with Gasteiger partial charge in [-0.3, -0.25) is 0 Å². The van der Waals surface area contributed by atoms with Gasteiger partial charge in [-0.25, -0.2) is 9.59 Å². The molecule has 0 spiro atoms. The summed E-state index contributed by atoms with van der Waals surface area (Å²) in [5.41, 5.74) is -1.73. The number of carbonyl (C=O) groups is 2. The van der Waals surface area contributed by atoms with Crippen LogP contribution in [-0.4, -0.2) is 29.4 Å². The highest BCUT2D eigenvalue weighted by atomic mass is 16.6. The van der Waals surface area contributed by atoms with Crippen molar-refractivity contribution in [1.82, 2.24) is 5.32 Å². The van der Waals surface area contributed by atoms with E-state index in [1.54, 1.807) is 39.8 Å². The number of alkyl carbamates (subject to hydrolysis) is 1. The zero-order chi connectivity index (χ0) is 18.4. The predicted octanol–water partition coefficient (Wildman–Crippen LogP) is 3.25. The van der Waals surface area contributed by atoms with Crippen LogP contribution in [0.5, 0.6) is 5.75 Å². The third-order valence-corrected chi connectivity index (χ3v) is 3.15. The van der Waals surface area contributed by atoms with Gasteiger partial charge in [0, 0.05) is 6.42 Å². The third kappa shape index (κ3) is 5.01. The van der Waals surface area contributed by atoms with Gasteiger partial charge < -0.3 is 19.9 Å². The lowest BCUT2D eigenvalue weighted by atomic mass is 9.86. The second-order valence-corrected chi connectivity index (χ2v) is 6.29. The summed E-state index contributed by atoms with van der Waals surface area (Å²) in [5, 5.41) is 12.1. The maximum Gasteiger partial charge on any atom is 0.408 e. The van der Waals surface area contributed by atoms with Gasteiger partial charge in [0.05, 0.1) is 6.61 Å².